The maximum atomic E-state index is 6.07. The Balaban J connectivity index is 2.29. The van der Waals surface area contributed by atoms with Gasteiger partial charge in [0.05, 0.1) is 10.7 Å². The van der Waals surface area contributed by atoms with Crippen molar-refractivity contribution in [3.05, 3.63) is 52.8 Å². The molecule has 0 atom stereocenters. The topological polar surface area (TPSA) is 48.1 Å². The maximum Gasteiger partial charge on any atom is 0.148 e. The summed E-state index contributed by atoms with van der Waals surface area (Å²) < 4.78 is 5.69. The molecule has 2 rings (SSSR count). The minimum atomic E-state index is 0.268. The minimum absolute atomic E-state index is 0.268. The van der Waals surface area contributed by atoms with Gasteiger partial charge in [-0.2, -0.15) is 0 Å². The molecule has 0 radical (unpaired) electrons. The van der Waals surface area contributed by atoms with Crippen molar-refractivity contribution in [3.8, 4) is 11.5 Å². The second-order valence-corrected chi connectivity index (χ2v) is 4.54. The standard InChI is InChI=1S/C13H11ClN2OS/c1-8-12(3-2-6-16-8)17-9-4-5-10(13(15)18)11(14)7-9/h2-7H,1H3,(H2,15,18). The number of nitrogens with zero attached hydrogens (tertiary/aromatic N) is 1. The van der Waals surface area contributed by atoms with Gasteiger partial charge in [-0.1, -0.05) is 23.8 Å². The smallest absolute Gasteiger partial charge is 0.148 e. The van der Waals surface area contributed by atoms with E-state index < -0.39 is 0 Å². The molecule has 0 aliphatic carbocycles. The summed E-state index contributed by atoms with van der Waals surface area (Å²) in [7, 11) is 0. The zero-order chi connectivity index (χ0) is 13.1. The number of hydrogen-bond acceptors (Lipinski definition) is 3. The molecule has 1 aromatic heterocycles. The van der Waals surface area contributed by atoms with Gasteiger partial charge in [0.2, 0.25) is 0 Å². The van der Waals surface area contributed by atoms with Crippen LogP contribution in [0, 0.1) is 6.92 Å². The molecule has 1 aromatic carbocycles. The van der Waals surface area contributed by atoms with Crippen LogP contribution in [-0.4, -0.2) is 9.97 Å². The van der Waals surface area contributed by atoms with Crippen molar-refractivity contribution in [3.63, 3.8) is 0 Å². The molecule has 3 nitrogen and oxygen atoms in total. The monoisotopic (exact) mass is 278 g/mol. The number of aryl methyl sites for hydroxylation is 1. The van der Waals surface area contributed by atoms with Crippen molar-refractivity contribution in [2.24, 2.45) is 5.73 Å². The van der Waals surface area contributed by atoms with Crippen LogP contribution in [0.1, 0.15) is 11.3 Å². The number of pyridine rings is 1. The van der Waals surface area contributed by atoms with Gasteiger partial charge in [0, 0.05) is 17.8 Å². The summed E-state index contributed by atoms with van der Waals surface area (Å²) in [6.07, 6.45) is 1.71. The van der Waals surface area contributed by atoms with Crippen LogP contribution in [0.4, 0.5) is 0 Å². The van der Waals surface area contributed by atoms with E-state index in [9.17, 15) is 0 Å². The zero-order valence-electron chi connectivity index (χ0n) is 9.68. The number of aromatic nitrogens is 1. The zero-order valence-corrected chi connectivity index (χ0v) is 11.3. The number of rotatable bonds is 3. The van der Waals surface area contributed by atoms with Crippen LogP contribution in [0.3, 0.4) is 0 Å². The highest BCUT2D eigenvalue weighted by Crippen LogP contribution is 2.27. The van der Waals surface area contributed by atoms with Gasteiger partial charge in [0.25, 0.3) is 0 Å². The molecule has 0 spiro atoms. The first-order valence-corrected chi connectivity index (χ1v) is 6.05. The van der Waals surface area contributed by atoms with Crippen molar-refractivity contribution < 1.29 is 4.74 Å². The van der Waals surface area contributed by atoms with E-state index >= 15 is 0 Å². The van der Waals surface area contributed by atoms with Crippen LogP contribution in [0.25, 0.3) is 0 Å². The first kappa shape index (κ1) is 12.8. The Morgan fingerprint density at radius 2 is 2.17 bits per heavy atom. The lowest BCUT2D eigenvalue weighted by molar-refractivity contribution is 0.476. The Bertz CT molecular complexity index is 601. The number of hydrogen-bond donors (Lipinski definition) is 1. The van der Waals surface area contributed by atoms with Crippen LogP contribution in [0.2, 0.25) is 5.02 Å². The average Bonchev–Trinajstić information content (AvgIpc) is 2.32. The number of thiocarbonyl (C=S) groups is 1. The summed E-state index contributed by atoms with van der Waals surface area (Å²) in [5.41, 5.74) is 6.99. The highest BCUT2D eigenvalue weighted by atomic mass is 35.5. The number of ether oxygens (including phenoxy) is 1. The summed E-state index contributed by atoms with van der Waals surface area (Å²) in [4.78, 5) is 4.41. The van der Waals surface area contributed by atoms with E-state index in [0.717, 1.165) is 5.69 Å². The Morgan fingerprint density at radius 3 is 2.78 bits per heavy atom. The molecule has 2 aromatic rings. The van der Waals surface area contributed by atoms with E-state index in [-0.39, 0.29) is 4.99 Å². The summed E-state index contributed by atoms with van der Waals surface area (Å²) in [6, 6.07) is 8.85. The number of nitrogens with two attached hydrogens (primary N) is 1. The summed E-state index contributed by atoms with van der Waals surface area (Å²) in [6.45, 7) is 1.88. The summed E-state index contributed by atoms with van der Waals surface area (Å²) in [5, 5.41) is 0.474. The second kappa shape index (κ2) is 5.33. The largest absolute Gasteiger partial charge is 0.455 e. The SMILES string of the molecule is Cc1ncccc1Oc1ccc(C(N)=S)c(Cl)c1. The van der Waals surface area contributed by atoms with Crippen LogP contribution in [0.15, 0.2) is 36.5 Å². The van der Waals surface area contributed by atoms with Gasteiger partial charge in [0.1, 0.15) is 16.5 Å². The lowest BCUT2D eigenvalue weighted by atomic mass is 10.2. The predicted molar refractivity (Wildman–Crippen MR) is 76.4 cm³/mol. The van der Waals surface area contributed by atoms with Crippen molar-refractivity contribution in [1.82, 2.24) is 4.98 Å². The van der Waals surface area contributed by atoms with Gasteiger partial charge in [-0.05, 0) is 31.2 Å². The lowest BCUT2D eigenvalue weighted by Crippen LogP contribution is -2.09. The third-order valence-electron chi connectivity index (χ3n) is 2.39. The molecule has 5 heteroatoms. The molecule has 0 unspecified atom stereocenters. The Morgan fingerprint density at radius 1 is 1.39 bits per heavy atom. The summed E-state index contributed by atoms with van der Waals surface area (Å²) >= 11 is 11.0. The highest BCUT2D eigenvalue weighted by Gasteiger charge is 2.07. The Hall–Kier alpha value is -1.65. The van der Waals surface area contributed by atoms with Crippen LogP contribution in [-0.2, 0) is 0 Å². The second-order valence-electron chi connectivity index (χ2n) is 3.69. The fourth-order valence-electron chi connectivity index (χ4n) is 1.46. The molecule has 0 bridgehead atoms. The van der Waals surface area contributed by atoms with E-state index in [2.05, 4.69) is 4.98 Å². The van der Waals surface area contributed by atoms with Crippen molar-refractivity contribution >= 4 is 28.8 Å². The third kappa shape index (κ3) is 2.78. The van der Waals surface area contributed by atoms with Gasteiger partial charge in [-0.15, -0.1) is 0 Å². The average molecular weight is 279 g/mol. The molecule has 1 heterocycles. The molecular weight excluding hydrogens is 268 g/mol. The maximum absolute atomic E-state index is 6.07. The van der Waals surface area contributed by atoms with Gasteiger partial charge in [0.15, 0.2) is 0 Å². The van der Waals surface area contributed by atoms with E-state index in [1.165, 1.54) is 0 Å². The fourth-order valence-corrected chi connectivity index (χ4v) is 1.97. The number of benzene rings is 1. The molecule has 0 amide bonds. The molecule has 2 N–H and O–H groups in total. The quantitative estimate of drug-likeness (QED) is 0.874. The van der Waals surface area contributed by atoms with Gasteiger partial charge in [-0.3, -0.25) is 4.98 Å². The molecule has 0 saturated carbocycles. The van der Waals surface area contributed by atoms with E-state index in [4.69, 9.17) is 34.3 Å². The van der Waals surface area contributed by atoms with Gasteiger partial charge >= 0.3 is 0 Å². The van der Waals surface area contributed by atoms with Crippen molar-refractivity contribution in [2.45, 2.75) is 6.92 Å². The van der Waals surface area contributed by atoms with Gasteiger partial charge in [-0.25, -0.2) is 0 Å². The lowest BCUT2D eigenvalue weighted by Gasteiger charge is -2.09. The summed E-state index contributed by atoms with van der Waals surface area (Å²) in [5.74, 6) is 1.31. The first-order chi connectivity index (χ1) is 8.58. The molecule has 92 valence electrons. The molecule has 0 saturated heterocycles. The molecule has 18 heavy (non-hydrogen) atoms. The fraction of sp³-hybridized carbons (Fsp3) is 0.0769. The Labute approximate surface area is 116 Å². The van der Waals surface area contributed by atoms with E-state index in [1.54, 1.807) is 24.4 Å². The van der Waals surface area contributed by atoms with Crippen LogP contribution >= 0.6 is 23.8 Å². The van der Waals surface area contributed by atoms with E-state index in [1.807, 2.05) is 19.1 Å². The normalized spacial score (nSPS) is 10.1. The molecular formula is C13H11ClN2OS. The van der Waals surface area contributed by atoms with Crippen LogP contribution < -0.4 is 10.5 Å². The van der Waals surface area contributed by atoms with Crippen LogP contribution in [0.5, 0.6) is 11.5 Å². The highest BCUT2D eigenvalue weighted by molar-refractivity contribution is 7.80. The van der Waals surface area contributed by atoms with E-state index in [0.29, 0.717) is 22.1 Å². The molecule has 0 aliphatic rings. The predicted octanol–water partition coefficient (Wildman–Crippen LogP) is 3.47. The molecule has 0 aliphatic heterocycles. The van der Waals surface area contributed by atoms with Gasteiger partial charge < -0.3 is 10.5 Å². The van der Waals surface area contributed by atoms with Crippen molar-refractivity contribution in [1.29, 1.82) is 0 Å². The third-order valence-corrected chi connectivity index (χ3v) is 2.92. The minimum Gasteiger partial charge on any atom is -0.455 e. The number of halogens is 1. The molecule has 0 fully saturated rings. The first-order valence-electron chi connectivity index (χ1n) is 5.27. The van der Waals surface area contributed by atoms with Crippen molar-refractivity contribution in [2.75, 3.05) is 0 Å². The Kier molecular flexibility index (Phi) is 3.79.